The number of aryl methyl sites for hydroxylation is 1. The van der Waals surface area contributed by atoms with Crippen molar-refractivity contribution >= 4 is 21.6 Å². The van der Waals surface area contributed by atoms with E-state index in [9.17, 15) is 13.2 Å². The van der Waals surface area contributed by atoms with E-state index in [2.05, 4.69) is 5.32 Å². The van der Waals surface area contributed by atoms with Crippen LogP contribution in [0.25, 0.3) is 0 Å². The van der Waals surface area contributed by atoms with Gasteiger partial charge in [0.2, 0.25) is 16.1 Å². The largest absolute Gasteiger partial charge is 0.482 e. The lowest BCUT2D eigenvalue weighted by molar-refractivity contribution is -0.128. The number of sulfonamides is 1. The van der Waals surface area contributed by atoms with Crippen LogP contribution in [0, 0.1) is 13.8 Å². The van der Waals surface area contributed by atoms with Gasteiger partial charge in [-0.3, -0.25) is 4.79 Å². The number of anilines is 1. The van der Waals surface area contributed by atoms with Crippen LogP contribution in [-0.4, -0.2) is 43.9 Å². The third-order valence-corrected chi connectivity index (χ3v) is 7.37. The molecule has 1 aliphatic heterocycles. The molecule has 1 N–H and O–H groups in total. The molecule has 1 amide bonds. The summed E-state index contributed by atoms with van der Waals surface area (Å²) in [5, 5.41) is 2.84. The Bertz CT molecular complexity index is 1050. The van der Waals surface area contributed by atoms with Gasteiger partial charge in [-0.05, 0) is 56.2 Å². The number of nitrogens with one attached hydrogen (secondary N) is 1. The monoisotopic (exact) mass is 432 g/mol. The first-order valence-corrected chi connectivity index (χ1v) is 11.5. The lowest BCUT2D eigenvalue weighted by Crippen LogP contribution is -2.46. The van der Waals surface area contributed by atoms with Gasteiger partial charge >= 0.3 is 0 Å². The van der Waals surface area contributed by atoms with Crippen LogP contribution in [0.4, 0.5) is 5.69 Å². The van der Waals surface area contributed by atoms with Crippen LogP contribution in [0.2, 0.25) is 0 Å². The number of para-hydroxylation sites is 2. The maximum atomic E-state index is 13.0. The molecule has 0 aliphatic carbocycles. The Hall–Kier alpha value is -2.58. The molecule has 0 saturated carbocycles. The second-order valence-corrected chi connectivity index (χ2v) is 9.24. The summed E-state index contributed by atoms with van der Waals surface area (Å²) in [7, 11) is -3.65. The summed E-state index contributed by atoms with van der Waals surface area (Å²) in [6, 6.07) is 10.3. The molecule has 2 aromatic carbocycles. The molecule has 3 rings (SSSR count). The Labute approximate surface area is 178 Å². The normalized spacial score (nSPS) is 18.3. The van der Waals surface area contributed by atoms with E-state index >= 15 is 0 Å². The molecule has 0 fully saturated rings. The minimum atomic E-state index is -3.65. The van der Waals surface area contributed by atoms with Crippen molar-refractivity contribution < 1.29 is 22.7 Å². The van der Waals surface area contributed by atoms with Crippen LogP contribution < -0.4 is 14.8 Å². The van der Waals surface area contributed by atoms with Gasteiger partial charge < -0.3 is 14.8 Å². The average Bonchev–Trinajstić information content (AvgIpc) is 2.71. The van der Waals surface area contributed by atoms with E-state index in [1.54, 1.807) is 39.0 Å². The fourth-order valence-electron chi connectivity index (χ4n) is 3.43. The van der Waals surface area contributed by atoms with Gasteiger partial charge in [0.05, 0.1) is 4.90 Å². The highest BCUT2D eigenvalue weighted by Gasteiger charge is 2.34. The first kappa shape index (κ1) is 22.1. The van der Waals surface area contributed by atoms with Crippen LogP contribution in [0.1, 0.15) is 31.9 Å². The topological polar surface area (TPSA) is 84.9 Å². The number of fused-ring (bicyclic) bond motifs is 1. The van der Waals surface area contributed by atoms with E-state index in [-0.39, 0.29) is 4.90 Å². The standard InChI is InChI=1S/C22H28N2O5S/c1-6-24(7-2)30(26,27)17-12-14(3)15(4)18(13-17)23-22(25)21-16(5)28-19-10-8-9-11-20(19)29-21/h8-13,16,21H,6-7H2,1-5H3,(H,23,25). The van der Waals surface area contributed by atoms with Gasteiger partial charge in [0, 0.05) is 18.8 Å². The van der Waals surface area contributed by atoms with Crippen molar-refractivity contribution in [2.75, 3.05) is 18.4 Å². The molecule has 0 radical (unpaired) electrons. The van der Waals surface area contributed by atoms with Crippen molar-refractivity contribution in [3.05, 3.63) is 47.5 Å². The predicted octanol–water partition coefficient (Wildman–Crippen LogP) is 3.50. The highest BCUT2D eigenvalue weighted by molar-refractivity contribution is 7.89. The number of carbonyl (C=O) groups excluding carboxylic acids is 1. The summed E-state index contributed by atoms with van der Waals surface area (Å²) in [4.78, 5) is 13.1. The van der Waals surface area contributed by atoms with Gasteiger partial charge in [-0.15, -0.1) is 0 Å². The Morgan fingerprint density at radius 3 is 2.27 bits per heavy atom. The van der Waals surface area contributed by atoms with Crippen molar-refractivity contribution in [1.82, 2.24) is 4.31 Å². The number of rotatable bonds is 6. The van der Waals surface area contributed by atoms with Gasteiger partial charge in [0.1, 0.15) is 6.10 Å². The summed E-state index contributed by atoms with van der Waals surface area (Å²) in [5.74, 6) is 0.701. The zero-order valence-electron chi connectivity index (χ0n) is 17.9. The van der Waals surface area contributed by atoms with Gasteiger partial charge in [-0.2, -0.15) is 4.31 Å². The second-order valence-electron chi connectivity index (χ2n) is 7.30. The number of amides is 1. The summed E-state index contributed by atoms with van der Waals surface area (Å²) in [6.45, 7) is 9.77. The number of hydrogen-bond donors (Lipinski definition) is 1. The summed E-state index contributed by atoms with van der Waals surface area (Å²) < 4.78 is 39.0. The van der Waals surface area contributed by atoms with Crippen molar-refractivity contribution in [2.45, 2.75) is 51.7 Å². The van der Waals surface area contributed by atoms with E-state index in [0.29, 0.717) is 30.3 Å². The molecule has 1 aliphatic rings. The second kappa shape index (κ2) is 8.65. The van der Waals surface area contributed by atoms with Crippen LogP contribution in [0.5, 0.6) is 11.5 Å². The maximum Gasteiger partial charge on any atom is 0.269 e. The van der Waals surface area contributed by atoms with E-state index in [1.165, 1.54) is 10.4 Å². The molecule has 0 aromatic heterocycles. The lowest BCUT2D eigenvalue weighted by atomic mass is 10.1. The molecule has 7 nitrogen and oxygen atoms in total. The van der Waals surface area contributed by atoms with Crippen molar-refractivity contribution in [1.29, 1.82) is 0 Å². The fourth-order valence-corrected chi connectivity index (χ4v) is 5.00. The summed E-state index contributed by atoms with van der Waals surface area (Å²) in [5.41, 5.74) is 2.02. The number of carbonyl (C=O) groups is 1. The molecule has 1 heterocycles. The van der Waals surface area contributed by atoms with Crippen molar-refractivity contribution in [3.8, 4) is 11.5 Å². The number of benzene rings is 2. The predicted molar refractivity (Wildman–Crippen MR) is 116 cm³/mol. The van der Waals surface area contributed by atoms with E-state index < -0.39 is 28.1 Å². The summed E-state index contributed by atoms with van der Waals surface area (Å²) in [6.07, 6.45) is -1.36. The average molecular weight is 433 g/mol. The van der Waals surface area contributed by atoms with E-state index in [0.717, 1.165) is 11.1 Å². The number of ether oxygens (including phenoxy) is 2. The Kier molecular flexibility index (Phi) is 6.38. The van der Waals surface area contributed by atoms with Crippen LogP contribution >= 0.6 is 0 Å². The Morgan fingerprint density at radius 2 is 1.67 bits per heavy atom. The smallest absolute Gasteiger partial charge is 0.269 e. The molecule has 2 aromatic rings. The molecule has 2 atom stereocenters. The van der Waals surface area contributed by atoms with Crippen LogP contribution in [0.3, 0.4) is 0 Å². The first-order valence-electron chi connectivity index (χ1n) is 10.0. The number of hydrogen-bond acceptors (Lipinski definition) is 5. The number of nitrogens with zero attached hydrogens (tertiary/aromatic N) is 1. The molecular formula is C22H28N2O5S. The zero-order valence-corrected chi connectivity index (χ0v) is 18.7. The van der Waals surface area contributed by atoms with Gasteiger partial charge in [-0.1, -0.05) is 26.0 Å². The van der Waals surface area contributed by atoms with E-state index in [4.69, 9.17) is 9.47 Å². The van der Waals surface area contributed by atoms with Crippen molar-refractivity contribution in [2.24, 2.45) is 0 Å². The molecule has 8 heteroatoms. The maximum absolute atomic E-state index is 13.0. The van der Waals surface area contributed by atoms with Gasteiger partial charge in [0.25, 0.3) is 5.91 Å². The highest BCUT2D eigenvalue weighted by atomic mass is 32.2. The minimum absolute atomic E-state index is 0.156. The minimum Gasteiger partial charge on any atom is -0.482 e. The van der Waals surface area contributed by atoms with Gasteiger partial charge in [0.15, 0.2) is 11.5 Å². The molecular weight excluding hydrogens is 404 g/mol. The molecule has 0 spiro atoms. The summed E-state index contributed by atoms with van der Waals surface area (Å²) >= 11 is 0. The van der Waals surface area contributed by atoms with Crippen LogP contribution in [0.15, 0.2) is 41.3 Å². The zero-order chi connectivity index (χ0) is 22.1. The first-order chi connectivity index (χ1) is 14.2. The fraction of sp³-hybridized carbons (Fsp3) is 0.409. The third kappa shape index (κ3) is 4.15. The lowest BCUT2D eigenvalue weighted by Gasteiger charge is -2.31. The van der Waals surface area contributed by atoms with Gasteiger partial charge in [-0.25, -0.2) is 8.42 Å². The molecule has 0 saturated heterocycles. The highest BCUT2D eigenvalue weighted by Crippen LogP contribution is 2.34. The quantitative estimate of drug-likeness (QED) is 0.755. The Morgan fingerprint density at radius 1 is 1.07 bits per heavy atom. The molecule has 0 bridgehead atoms. The SMILES string of the molecule is CCN(CC)S(=O)(=O)c1cc(C)c(C)c(NC(=O)C2Oc3ccccc3OC2C)c1. The van der Waals surface area contributed by atoms with Crippen LogP contribution in [-0.2, 0) is 14.8 Å². The Balaban J connectivity index is 1.90. The molecule has 30 heavy (non-hydrogen) atoms. The van der Waals surface area contributed by atoms with Crippen molar-refractivity contribution in [3.63, 3.8) is 0 Å². The molecule has 162 valence electrons. The van der Waals surface area contributed by atoms with E-state index in [1.807, 2.05) is 26.0 Å². The molecule has 2 unspecified atom stereocenters. The third-order valence-electron chi connectivity index (χ3n) is 5.34.